The van der Waals surface area contributed by atoms with Gasteiger partial charge in [0.05, 0.1) is 22.2 Å². The number of pyridine rings is 1. The Kier molecular flexibility index (Phi) is 5.48. The summed E-state index contributed by atoms with van der Waals surface area (Å²) in [5.74, 6) is 0. The average molecular weight is 439 g/mol. The highest BCUT2D eigenvalue weighted by atomic mass is 35.5. The zero-order valence-electron chi connectivity index (χ0n) is 16.7. The third kappa shape index (κ3) is 3.90. The van der Waals surface area contributed by atoms with Gasteiger partial charge in [-0.05, 0) is 43.2 Å². The maximum atomic E-state index is 12.7. The van der Waals surface area contributed by atoms with Gasteiger partial charge in [-0.2, -0.15) is 5.26 Å². The van der Waals surface area contributed by atoms with Crippen molar-refractivity contribution >= 4 is 34.5 Å². The van der Waals surface area contributed by atoms with E-state index in [1.165, 1.54) is 22.4 Å². The summed E-state index contributed by atoms with van der Waals surface area (Å²) < 4.78 is 2.69. The fraction of sp³-hybridized carbons (Fsp3) is 0.286. The molecule has 0 saturated carbocycles. The molecule has 0 aliphatic carbocycles. The topological polar surface area (TPSA) is 113 Å². The number of rotatable bonds is 2. The highest BCUT2D eigenvalue weighted by Gasteiger charge is 2.27. The molecule has 0 spiro atoms. The molecule has 4 rings (SSSR count). The van der Waals surface area contributed by atoms with Gasteiger partial charge in [0.25, 0.3) is 0 Å². The number of urea groups is 1. The number of carbonyl (C=O) groups excluding carboxylic acids is 1. The number of amides is 2. The molecule has 1 fully saturated rings. The van der Waals surface area contributed by atoms with Crippen LogP contribution in [0.3, 0.4) is 0 Å². The summed E-state index contributed by atoms with van der Waals surface area (Å²) in [7, 11) is 1.52. The summed E-state index contributed by atoms with van der Waals surface area (Å²) in [6.45, 7) is 0.840. The van der Waals surface area contributed by atoms with Crippen LogP contribution in [0, 0.1) is 11.3 Å². The Labute approximate surface area is 182 Å². The predicted octanol–water partition coefficient (Wildman–Crippen LogP) is 2.49. The third-order valence-corrected chi connectivity index (χ3v) is 5.70. The molecule has 1 aliphatic heterocycles. The highest BCUT2D eigenvalue weighted by Crippen LogP contribution is 2.25. The van der Waals surface area contributed by atoms with E-state index in [2.05, 4.69) is 10.3 Å². The van der Waals surface area contributed by atoms with Gasteiger partial charge >= 0.3 is 17.1 Å². The number of hydrogen-bond acceptors (Lipinski definition) is 5. The molecule has 158 valence electrons. The van der Waals surface area contributed by atoms with Crippen molar-refractivity contribution in [3.63, 3.8) is 0 Å². The first-order valence-electron chi connectivity index (χ1n) is 9.72. The Hall–Kier alpha value is -3.64. The Morgan fingerprint density at radius 3 is 2.52 bits per heavy atom. The Morgan fingerprint density at radius 2 is 1.87 bits per heavy atom. The first-order chi connectivity index (χ1) is 14.9. The van der Waals surface area contributed by atoms with Gasteiger partial charge in [0, 0.05) is 38.1 Å². The van der Waals surface area contributed by atoms with E-state index in [-0.39, 0.29) is 12.1 Å². The Morgan fingerprint density at radius 1 is 1.19 bits per heavy atom. The Bertz CT molecular complexity index is 1310. The van der Waals surface area contributed by atoms with Crippen molar-refractivity contribution in [1.29, 1.82) is 5.26 Å². The zero-order valence-corrected chi connectivity index (χ0v) is 17.5. The van der Waals surface area contributed by atoms with Gasteiger partial charge in [-0.1, -0.05) is 11.6 Å². The van der Waals surface area contributed by atoms with Crippen LogP contribution in [0.2, 0.25) is 5.02 Å². The number of carbonyl (C=O) groups is 1. The maximum absolute atomic E-state index is 12.7. The zero-order chi connectivity index (χ0) is 22.1. The van der Waals surface area contributed by atoms with Gasteiger partial charge in [-0.15, -0.1) is 0 Å². The van der Waals surface area contributed by atoms with Crippen molar-refractivity contribution in [2.75, 3.05) is 18.4 Å². The Balaban J connectivity index is 1.53. The standard InChI is InChI=1S/C21H19ClN6O3/c1-26-17-10-14(22)12-24-18(17)28(20(30)19(26)29)16-6-8-27(9-7-16)21(31)25-15-4-2-13(11-23)3-5-15/h2-5,10,12,16H,6-9H2,1H3,(H,25,31). The van der Waals surface area contributed by atoms with Crippen molar-refractivity contribution in [2.45, 2.75) is 18.9 Å². The first-order valence-corrected chi connectivity index (χ1v) is 10.1. The third-order valence-electron chi connectivity index (χ3n) is 5.49. The number of benzene rings is 1. The summed E-state index contributed by atoms with van der Waals surface area (Å²) in [6.07, 6.45) is 2.46. The lowest BCUT2D eigenvalue weighted by molar-refractivity contribution is 0.183. The van der Waals surface area contributed by atoms with E-state index >= 15 is 0 Å². The summed E-state index contributed by atoms with van der Waals surface area (Å²) >= 11 is 6.03. The van der Waals surface area contributed by atoms with Crippen LogP contribution >= 0.6 is 11.6 Å². The van der Waals surface area contributed by atoms with Crippen LogP contribution in [0.25, 0.3) is 11.2 Å². The number of nitriles is 1. The number of nitrogens with zero attached hydrogens (tertiary/aromatic N) is 5. The molecule has 31 heavy (non-hydrogen) atoms. The molecule has 9 nitrogen and oxygen atoms in total. The van der Waals surface area contributed by atoms with E-state index in [1.807, 2.05) is 6.07 Å². The molecule has 1 N–H and O–H groups in total. The number of piperidine rings is 1. The van der Waals surface area contributed by atoms with Gasteiger partial charge in [-0.25, -0.2) is 9.78 Å². The monoisotopic (exact) mass is 438 g/mol. The lowest BCUT2D eigenvalue weighted by atomic mass is 10.0. The van der Waals surface area contributed by atoms with E-state index in [4.69, 9.17) is 16.9 Å². The predicted molar refractivity (Wildman–Crippen MR) is 116 cm³/mol. The van der Waals surface area contributed by atoms with E-state index in [0.717, 1.165) is 0 Å². The summed E-state index contributed by atoms with van der Waals surface area (Å²) in [4.78, 5) is 43.7. The van der Waals surface area contributed by atoms with Crippen molar-refractivity contribution in [3.05, 3.63) is 67.8 Å². The number of likely N-dealkylation sites (tertiary alicyclic amines) is 1. The van der Waals surface area contributed by atoms with E-state index < -0.39 is 11.1 Å². The van der Waals surface area contributed by atoms with Gasteiger partial charge < -0.3 is 14.8 Å². The van der Waals surface area contributed by atoms with Crippen LogP contribution in [0.5, 0.6) is 0 Å². The van der Waals surface area contributed by atoms with E-state index in [0.29, 0.717) is 53.4 Å². The second kappa shape index (κ2) is 8.24. The molecular formula is C21H19ClN6O3. The molecule has 0 atom stereocenters. The van der Waals surface area contributed by atoms with Crippen LogP contribution in [0.1, 0.15) is 24.4 Å². The van der Waals surface area contributed by atoms with E-state index in [9.17, 15) is 14.4 Å². The number of aryl methyl sites for hydroxylation is 1. The number of aromatic nitrogens is 3. The maximum Gasteiger partial charge on any atom is 0.321 e. The van der Waals surface area contributed by atoms with Crippen LogP contribution in [0.4, 0.5) is 10.5 Å². The molecule has 0 unspecified atom stereocenters. The quantitative estimate of drug-likeness (QED) is 0.617. The average Bonchev–Trinajstić information content (AvgIpc) is 2.79. The molecule has 0 bridgehead atoms. The van der Waals surface area contributed by atoms with Crippen LogP contribution in [-0.4, -0.2) is 38.1 Å². The number of hydrogen-bond donors (Lipinski definition) is 1. The van der Waals surface area contributed by atoms with Crippen molar-refractivity contribution in [2.24, 2.45) is 7.05 Å². The second-order valence-electron chi connectivity index (χ2n) is 7.37. The molecule has 3 aromatic rings. The van der Waals surface area contributed by atoms with E-state index in [1.54, 1.807) is 35.2 Å². The van der Waals surface area contributed by atoms with Gasteiger partial charge in [0.2, 0.25) is 0 Å². The molecule has 10 heteroatoms. The normalized spacial score (nSPS) is 14.4. The smallest absolute Gasteiger partial charge is 0.321 e. The first kappa shape index (κ1) is 20.6. The largest absolute Gasteiger partial charge is 0.324 e. The fourth-order valence-corrected chi connectivity index (χ4v) is 3.95. The molecule has 1 aliphatic rings. The second-order valence-corrected chi connectivity index (χ2v) is 7.81. The van der Waals surface area contributed by atoms with Gasteiger partial charge in [-0.3, -0.25) is 14.2 Å². The molecule has 1 saturated heterocycles. The van der Waals surface area contributed by atoms with Crippen molar-refractivity contribution in [1.82, 2.24) is 19.0 Å². The summed E-state index contributed by atoms with van der Waals surface area (Å²) in [6, 6.07) is 9.75. The molecule has 0 radical (unpaired) electrons. The SMILES string of the molecule is Cn1c(=O)c(=O)n(C2CCN(C(=O)Nc3ccc(C#N)cc3)CC2)c2ncc(Cl)cc21. The van der Waals surface area contributed by atoms with Gasteiger partial charge in [0.15, 0.2) is 5.65 Å². The minimum absolute atomic E-state index is 0.253. The molecule has 2 aromatic heterocycles. The number of fused-ring (bicyclic) bond motifs is 1. The molecule has 1 aromatic carbocycles. The van der Waals surface area contributed by atoms with Gasteiger partial charge in [0.1, 0.15) is 0 Å². The molecule has 3 heterocycles. The summed E-state index contributed by atoms with van der Waals surface area (Å²) in [5, 5.41) is 12.0. The minimum Gasteiger partial charge on any atom is -0.324 e. The minimum atomic E-state index is -0.641. The number of halogens is 1. The number of nitrogens with one attached hydrogen (secondary N) is 1. The fourth-order valence-electron chi connectivity index (χ4n) is 3.80. The lowest BCUT2D eigenvalue weighted by Gasteiger charge is -2.33. The van der Waals surface area contributed by atoms with Crippen LogP contribution in [0.15, 0.2) is 46.1 Å². The molecular weight excluding hydrogens is 420 g/mol. The van der Waals surface area contributed by atoms with Crippen LogP contribution < -0.4 is 16.4 Å². The number of anilines is 1. The summed E-state index contributed by atoms with van der Waals surface area (Å²) in [5.41, 5.74) is 0.722. The van der Waals surface area contributed by atoms with Crippen molar-refractivity contribution in [3.8, 4) is 6.07 Å². The highest BCUT2D eigenvalue weighted by molar-refractivity contribution is 6.31. The lowest BCUT2D eigenvalue weighted by Crippen LogP contribution is -2.46. The molecule has 2 amide bonds. The van der Waals surface area contributed by atoms with Crippen molar-refractivity contribution < 1.29 is 4.79 Å². The van der Waals surface area contributed by atoms with Crippen LogP contribution in [-0.2, 0) is 7.05 Å².